The van der Waals surface area contributed by atoms with Gasteiger partial charge in [-0.1, -0.05) is 12.2 Å². The minimum absolute atomic E-state index is 0.0442. The van der Waals surface area contributed by atoms with Gasteiger partial charge in [0.1, 0.15) is 5.41 Å². The summed E-state index contributed by atoms with van der Waals surface area (Å²) in [4.78, 5) is 30.6. The van der Waals surface area contributed by atoms with Gasteiger partial charge in [0.15, 0.2) is 0 Å². The molecule has 17 rings (SSSR count). The zero-order valence-electron chi connectivity index (χ0n) is 33.0. The lowest BCUT2D eigenvalue weighted by Gasteiger charge is -2.61. The van der Waals surface area contributed by atoms with Crippen LogP contribution in [0.5, 0.6) is 0 Å². The summed E-state index contributed by atoms with van der Waals surface area (Å²) in [6, 6.07) is -1.63. The highest BCUT2D eigenvalue weighted by Gasteiger charge is 2.93. The van der Waals surface area contributed by atoms with Gasteiger partial charge in [-0.2, -0.15) is 0 Å². The van der Waals surface area contributed by atoms with Crippen molar-refractivity contribution in [2.75, 3.05) is 26.4 Å². The molecule has 32 atom stereocenters. The number of fused-ring (bicyclic) bond motifs is 8. The van der Waals surface area contributed by atoms with E-state index in [1.165, 1.54) is 32.1 Å². The van der Waals surface area contributed by atoms with E-state index in [9.17, 15) is 20.4 Å². The van der Waals surface area contributed by atoms with Gasteiger partial charge < -0.3 is 31.1 Å². The van der Waals surface area contributed by atoms with Crippen LogP contribution in [0.15, 0.2) is 12.2 Å². The van der Waals surface area contributed by atoms with E-state index in [2.05, 4.69) is 22.8 Å². The van der Waals surface area contributed by atoms with Crippen molar-refractivity contribution in [2.24, 2.45) is 195 Å². The van der Waals surface area contributed by atoms with Crippen molar-refractivity contribution in [3.05, 3.63) is 12.2 Å². The summed E-state index contributed by atoms with van der Waals surface area (Å²) in [6.45, 7) is -1.49. The number of hydrogen-bond acceptors (Lipinski definition) is 6. The van der Waals surface area contributed by atoms with Crippen molar-refractivity contribution in [3.8, 4) is 0 Å². The Kier molecular flexibility index (Phi) is 5.52. The number of nitrogens with one attached hydrogen (secondary N) is 2. The Hall–Kier alpha value is -1.48. The maximum absolute atomic E-state index is 15.3. The van der Waals surface area contributed by atoms with Crippen LogP contribution in [0, 0.1) is 195 Å². The molecule has 2 amide bonds. The van der Waals surface area contributed by atoms with Crippen molar-refractivity contribution in [2.45, 2.75) is 50.6 Å². The van der Waals surface area contributed by atoms with Gasteiger partial charge in [-0.3, -0.25) is 9.59 Å². The topological polar surface area (TPSA) is 139 Å². The van der Waals surface area contributed by atoms with E-state index in [1.807, 2.05) is 0 Å². The molecule has 0 aliphatic heterocycles. The van der Waals surface area contributed by atoms with E-state index in [4.69, 9.17) is 0 Å². The van der Waals surface area contributed by atoms with Crippen molar-refractivity contribution in [3.63, 3.8) is 0 Å². The Morgan fingerprint density at radius 3 is 1.25 bits per heavy atom. The van der Waals surface area contributed by atoms with Crippen LogP contribution in [0.1, 0.15) is 38.5 Å². The largest absolute Gasteiger partial charge is 0.394 e. The number of carbonyl (C=O) groups excluding carboxylic acids is 2. The molecule has 0 bridgehead atoms. The molecule has 304 valence electrons. The average molecular weight is 775 g/mol. The van der Waals surface area contributed by atoms with Gasteiger partial charge in [0.25, 0.3) is 0 Å². The third kappa shape index (κ3) is 2.88. The molecule has 17 aliphatic rings. The van der Waals surface area contributed by atoms with Gasteiger partial charge in [-0.15, -0.1) is 0 Å². The molecule has 16 fully saturated rings. The lowest BCUT2D eigenvalue weighted by Crippen LogP contribution is -2.58. The Morgan fingerprint density at radius 1 is 0.404 bits per heavy atom. The van der Waals surface area contributed by atoms with E-state index in [0.29, 0.717) is 41.4 Å². The second-order valence-electron chi connectivity index (χ2n) is 24.9. The Morgan fingerprint density at radius 2 is 0.719 bits per heavy atom. The highest BCUT2D eigenvalue weighted by molar-refractivity contribution is 6.09. The van der Waals surface area contributed by atoms with Crippen LogP contribution in [-0.4, -0.2) is 70.8 Å². The molecule has 0 aromatic carbocycles. The molecule has 0 saturated heterocycles. The number of allylic oxidation sites excluding steroid dienone is 2. The molecule has 57 heavy (non-hydrogen) atoms. The van der Waals surface area contributed by atoms with Crippen LogP contribution in [-0.2, 0) is 9.59 Å². The lowest BCUT2D eigenvalue weighted by atomic mass is 9.43. The maximum atomic E-state index is 15.3. The fourth-order valence-electron chi connectivity index (χ4n) is 26.9. The fourth-order valence-corrected chi connectivity index (χ4v) is 26.9. The first-order chi connectivity index (χ1) is 28.0. The number of aliphatic hydroxyl groups excluding tert-OH is 4. The highest BCUT2D eigenvalue weighted by atomic mass is 16.3. The number of amides is 2. The molecule has 17 aliphatic carbocycles. The second kappa shape index (κ2) is 9.76. The van der Waals surface area contributed by atoms with Crippen LogP contribution < -0.4 is 10.6 Å². The van der Waals surface area contributed by atoms with E-state index >= 15 is 9.59 Å². The summed E-state index contributed by atoms with van der Waals surface area (Å²) in [5.74, 6) is 24.1. The first-order valence-electron chi connectivity index (χ1n) is 24.7. The van der Waals surface area contributed by atoms with Gasteiger partial charge in [0, 0.05) is 0 Å². The molecule has 32 unspecified atom stereocenters. The van der Waals surface area contributed by atoms with Crippen molar-refractivity contribution in [1.29, 1.82) is 0 Å². The Labute approximate surface area is 335 Å². The first kappa shape index (κ1) is 32.3. The zero-order chi connectivity index (χ0) is 37.2. The number of rotatable bonds is 8. The predicted octanol–water partition coefficient (Wildman–Crippen LogP) is 2.76. The zero-order valence-corrected chi connectivity index (χ0v) is 33.0. The number of aliphatic hydroxyl groups is 4. The normalized spacial score (nSPS) is 68.4. The van der Waals surface area contributed by atoms with Gasteiger partial charge in [-0.25, -0.2) is 0 Å². The van der Waals surface area contributed by atoms with Gasteiger partial charge in [-0.05, 0) is 228 Å². The standard InChI is InChI=1S/C49H62N2O6/c52-9-13(10-53)50-47(56)49(48(57)51-14(11-54)12-55)45-31-21-7-5-19-17-3-1-15-16-2-4-18-20-6-8-22-30-28(20)35-26(18)24(16)33-23(15)25(17)34-27(19)29(21)36-38(31)39(32(22)46(45)49)37(30)44-42(35)40(33)41(34)43(36)44/h5,7,13-46,52-55H,1-4,6,8-12H2,(H,50,56)(H,51,57). The molecular weight excluding hydrogens is 713 g/mol. The number of hydrogen-bond donors (Lipinski definition) is 6. The third-order valence-electron chi connectivity index (χ3n) is 25.9. The second-order valence-corrected chi connectivity index (χ2v) is 24.9. The molecule has 6 N–H and O–H groups in total. The van der Waals surface area contributed by atoms with Gasteiger partial charge >= 0.3 is 0 Å². The van der Waals surface area contributed by atoms with Crippen molar-refractivity contribution >= 4 is 11.8 Å². The maximum Gasteiger partial charge on any atom is 0.236 e. The number of carbonyl (C=O) groups is 2. The summed E-state index contributed by atoms with van der Waals surface area (Å²) in [5.41, 5.74) is -1.30. The van der Waals surface area contributed by atoms with Crippen LogP contribution in [0.2, 0.25) is 0 Å². The SMILES string of the molecule is O=C(NC(CO)CO)C1(C(=O)NC(CO)CO)C2C3C4C=CC5C6CCC7C8CCC9C%10CCC%11C%12C%10C%10C9C8C8C7C6C6C5C4C4C5C6C8C%10C5C%12C(C43)C%11C21. The minimum Gasteiger partial charge on any atom is -0.394 e. The van der Waals surface area contributed by atoms with Crippen molar-refractivity contribution in [1.82, 2.24) is 10.6 Å². The summed E-state index contributed by atoms with van der Waals surface area (Å²) >= 11 is 0. The Bertz CT molecular complexity index is 1940. The van der Waals surface area contributed by atoms with Crippen molar-refractivity contribution < 1.29 is 30.0 Å². The lowest BCUT2D eigenvalue weighted by molar-refractivity contribution is -0.148. The van der Waals surface area contributed by atoms with Crippen LogP contribution in [0.25, 0.3) is 0 Å². The summed E-state index contributed by atoms with van der Waals surface area (Å²) in [7, 11) is 0. The molecule has 0 aromatic heterocycles. The van der Waals surface area contributed by atoms with E-state index < -0.39 is 17.5 Å². The highest BCUT2D eigenvalue weighted by Crippen LogP contribution is 2.95. The molecule has 0 radical (unpaired) electrons. The molecule has 0 aromatic rings. The summed E-state index contributed by atoms with van der Waals surface area (Å²) in [6.07, 6.45) is 14.3. The van der Waals surface area contributed by atoms with Gasteiger partial charge in [0.2, 0.25) is 11.8 Å². The van der Waals surface area contributed by atoms with Crippen LogP contribution >= 0.6 is 0 Å². The molecule has 8 heteroatoms. The van der Waals surface area contributed by atoms with E-state index in [1.54, 1.807) is 6.42 Å². The quantitative estimate of drug-likeness (QED) is 0.166. The first-order valence-corrected chi connectivity index (χ1v) is 24.7. The molecular formula is C49H62N2O6. The molecule has 0 heterocycles. The third-order valence-corrected chi connectivity index (χ3v) is 25.9. The fraction of sp³-hybridized carbons (Fsp3) is 0.918. The minimum atomic E-state index is -1.30. The van der Waals surface area contributed by atoms with E-state index in [0.717, 1.165) is 136 Å². The Balaban J connectivity index is 0.931. The molecule has 0 spiro atoms. The average Bonchev–Trinajstić information content (AvgIpc) is 3.81. The smallest absolute Gasteiger partial charge is 0.236 e. The summed E-state index contributed by atoms with van der Waals surface area (Å²) < 4.78 is 0. The van der Waals surface area contributed by atoms with Crippen LogP contribution in [0.4, 0.5) is 0 Å². The molecule has 8 nitrogen and oxygen atoms in total. The molecule has 16 saturated carbocycles. The predicted molar refractivity (Wildman–Crippen MR) is 203 cm³/mol. The van der Waals surface area contributed by atoms with E-state index in [-0.39, 0.29) is 50.1 Å². The monoisotopic (exact) mass is 774 g/mol. The summed E-state index contributed by atoms with van der Waals surface area (Å²) in [5, 5.41) is 47.3. The van der Waals surface area contributed by atoms with Crippen LogP contribution in [0.3, 0.4) is 0 Å². The van der Waals surface area contributed by atoms with Gasteiger partial charge in [0.05, 0.1) is 38.5 Å².